The number of fused-ring (bicyclic) bond motifs is 1. The van der Waals surface area contributed by atoms with Crippen LogP contribution < -0.4 is 10.5 Å². The molecule has 2 aliphatic rings. The second-order valence-electron chi connectivity index (χ2n) is 4.96. The van der Waals surface area contributed by atoms with E-state index < -0.39 is 0 Å². The van der Waals surface area contributed by atoms with Crippen molar-refractivity contribution in [3.05, 3.63) is 28.8 Å². The molecule has 0 amide bonds. The van der Waals surface area contributed by atoms with Crippen molar-refractivity contribution in [3.8, 4) is 5.75 Å². The monoisotopic (exact) mass is 237 g/mol. The number of hydrogen-bond donors (Lipinski definition) is 1. The van der Waals surface area contributed by atoms with E-state index in [0.717, 1.165) is 30.6 Å². The van der Waals surface area contributed by atoms with E-state index in [1.165, 1.54) is 12.8 Å². The molecular weight excluding hydrogens is 222 g/mol. The third-order valence-corrected chi connectivity index (χ3v) is 4.12. The molecule has 1 fully saturated rings. The van der Waals surface area contributed by atoms with E-state index in [1.807, 2.05) is 18.2 Å². The molecule has 3 rings (SSSR count). The molecule has 1 heterocycles. The first-order valence-corrected chi connectivity index (χ1v) is 6.31. The normalized spacial score (nSPS) is 26.5. The van der Waals surface area contributed by atoms with Gasteiger partial charge in [0, 0.05) is 18.0 Å². The molecular formula is C13H16ClNO. The molecule has 1 aromatic carbocycles. The van der Waals surface area contributed by atoms with Crippen LogP contribution in [0.3, 0.4) is 0 Å². The van der Waals surface area contributed by atoms with Gasteiger partial charge in [0.15, 0.2) is 0 Å². The van der Waals surface area contributed by atoms with E-state index in [1.54, 1.807) is 0 Å². The summed E-state index contributed by atoms with van der Waals surface area (Å²) in [6.07, 6.45) is 5.65. The van der Waals surface area contributed by atoms with Crippen LogP contribution in [0.1, 0.15) is 43.7 Å². The Bertz CT molecular complexity index is 412. The van der Waals surface area contributed by atoms with Gasteiger partial charge in [-0.2, -0.15) is 0 Å². The lowest BCUT2D eigenvalue weighted by molar-refractivity contribution is 0.0427. The van der Waals surface area contributed by atoms with Gasteiger partial charge in [-0.1, -0.05) is 23.7 Å². The van der Waals surface area contributed by atoms with Crippen molar-refractivity contribution in [2.24, 2.45) is 5.73 Å². The van der Waals surface area contributed by atoms with Crippen LogP contribution in [0, 0.1) is 0 Å². The van der Waals surface area contributed by atoms with Crippen LogP contribution >= 0.6 is 11.6 Å². The van der Waals surface area contributed by atoms with Gasteiger partial charge in [0.05, 0.1) is 5.02 Å². The summed E-state index contributed by atoms with van der Waals surface area (Å²) in [4.78, 5) is 0. The SMILES string of the molecule is NC1CC2(CCCC2)Oc2c(Cl)cccc21. The number of rotatable bonds is 0. The topological polar surface area (TPSA) is 35.2 Å². The minimum Gasteiger partial charge on any atom is -0.485 e. The van der Waals surface area contributed by atoms with Crippen LogP contribution in [0.4, 0.5) is 0 Å². The summed E-state index contributed by atoms with van der Waals surface area (Å²) in [5.74, 6) is 0.824. The zero-order chi connectivity index (χ0) is 11.2. The van der Waals surface area contributed by atoms with E-state index in [4.69, 9.17) is 22.1 Å². The van der Waals surface area contributed by atoms with Crippen LogP contribution in [0.5, 0.6) is 5.75 Å². The van der Waals surface area contributed by atoms with Crippen molar-refractivity contribution in [3.63, 3.8) is 0 Å². The number of hydrogen-bond acceptors (Lipinski definition) is 2. The lowest BCUT2D eigenvalue weighted by Gasteiger charge is -2.39. The van der Waals surface area contributed by atoms with Crippen molar-refractivity contribution < 1.29 is 4.74 Å². The molecule has 16 heavy (non-hydrogen) atoms. The van der Waals surface area contributed by atoms with Gasteiger partial charge >= 0.3 is 0 Å². The molecule has 2 nitrogen and oxygen atoms in total. The highest BCUT2D eigenvalue weighted by molar-refractivity contribution is 6.32. The standard InChI is InChI=1S/C13H16ClNO/c14-10-5-3-4-9-11(15)8-13(16-12(9)10)6-1-2-7-13/h3-5,11H,1-2,6-8,15H2. The molecule has 0 saturated heterocycles. The van der Waals surface area contributed by atoms with Gasteiger partial charge in [0.1, 0.15) is 11.4 Å². The molecule has 1 aliphatic heterocycles. The second-order valence-corrected chi connectivity index (χ2v) is 5.37. The van der Waals surface area contributed by atoms with Gasteiger partial charge in [-0.15, -0.1) is 0 Å². The van der Waals surface area contributed by atoms with Gasteiger partial charge in [0.25, 0.3) is 0 Å². The zero-order valence-corrected chi connectivity index (χ0v) is 9.96. The third-order valence-electron chi connectivity index (χ3n) is 3.82. The lowest BCUT2D eigenvalue weighted by atomic mass is 9.86. The molecule has 3 heteroatoms. The highest BCUT2D eigenvalue weighted by Crippen LogP contribution is 2.48. The summed E-state index contributed by atoms with van der Waals surface area (Å²) in [5.41, 5.74) is 7.26. The van der Waals surface area contributed by atoms with Gasteiger partial charge in [-0.25, -0.2) is 0 Å². The maximum Gasteiger partial charge on any atom is 0.143 e. The summed E-state index contributed by atoms with van der Waals surface area (Å²) in [5, 5.41) is 0.693. The van der Waals surface area contributed by atoms with Crippen molar-refractivity contribution >= 4 is 11.6 Å². The Kier molecular flexibility index (Phi) is 2.37. The van der Waals surface area contributed by atoms with Crippen LogP contribution in [0.25, 0.3) is 0 Å². The predicted molar refractivity (Wildman–Crippen MR) is 64.8 cm³/mol. The van der Waals surface area contributed by atoms with E-state index in [2.05, 4.69) is 0 Å². The van der Waals surface area contributed by atoms with E-state index in [9.17, 15) is 0 Å². The number of nitrogens with two attached hydrogens (primary N) is 1. The molecule has 1 aromatic rings. The van der Waals surface area contributed by atoms with Crippen LogP contribution in [-0.2, 0) is 0 Å². The van der Waals surface area contributed by atoms with Crippen molar-refractivity contribution in [2.75, 3.05) is 0 Å². The summed E-state index contributed by atoms with van der Waals surface area (Å²) in [7, 11) is 0. The summed E-state index contributed by atoms with van der Waals surface area (Å²) in [6.45, 7) is 0. The minimum atomic E-state index is -0.0303. The summed E-state index contributed by atoms with van der Waals surface area (Å²) < 4.78 is 6.17. The molecule has 86 valence electrons. The average molecular weight is 238 g/mol. The first kappa shape index (κ1) is 10.4. The largest absolute Gasteiger partial charge is 0.485 e. The fourth-order valence-corrected chi connectivity index (χ4v) is 3.24. The van der Waals surface area contributed by atoms with E-state index in [0.29, 0.717) is 5.02 Å². The average Bonchev–Trinajstić information content (AvgIpc) is 2.68. The van der Waals surface area contributed by atoms with Crippen LogP contribution in [0.15, 0.2) is 18.2 Å². The molecule has 1 atom stereocenters. The molecule has 1 spiro atoms. The van der Waals surface area contributed by atoms with Gasteiger partial charge < -0.3 is 10.5 Å². The minimum absolute atomic E-state index is 0.0303. The summed E-state index contributed by atoms with van der Waals surface area (Å²) >= 11 is 6.19. The van der Waals surface area contributed by atoms with Crippen LogP contribution in [-0.4, -0.2) is 5.60 Å². The van der Waals surface area contributed by atoms with Crippen molar-refractivity contribution in [2.45, 2.75) is 43.7 Å². The highest BCUT2D eigenvalue weighted by atomic mass is 35.5. The molecule has 1 aliphatic carbocycles. The maximum absolute atomic E-state index is 6.23. The first-order valence-electron chi connectivity index (χ1n) is 5.93. The van der Waals surface area contributed by atoms with Gasteiger partial charge in [-0.3, -0.25) is 0 Å². The Morgan fingerprint density at radius 3 is 2.81 bits per heavy atom. The number of para-hydroxylation sites is 1. The molecule has 1 saturated carbocycles. The molecule has 0 bridgehead atoms. The molecule has 0 aromatic heterocycles. The van der Waals surface area contributed by atoms with Gasteiger partial charge in [0.2, 0.25) is 0 Å². The maximum atomic E-state index is 6.23. The molecule has 0 radical (unpaired) electrons. The predicted octanol–water partition coefficient (Wildman–Crippen LogP) is 3.44. The second kappa shape index (κ2) is 3.64. The van der Waals surface area contributed by atoms with Gasteiger partial charge in [-0.05, 0) is 31.7 Å². The Balaban J connectivity index is 2.04. The highest BCUT2D eigenvalue weighted by Gasteiger charge is 2.42. The summed E-state index contributed by atoms with van der Waals surface area (Å²) in [6, 6.07) is 5.91. The van der Waals surface area contributed by atoms with Crippen LogP contribution in [0.2, 0.25) is 5.02 Å². The fraction of sp³-hybridized carbons (Fsp3) is 0.538. The Labute approximate surface area is 101 Å². The number of benzene rings is 1. The molecule has 2 N–H and O–H groups in total. The Morgan fingerprint density at radius 1 is 1.31 bits per heavy atom. The quantitative estimate of drug-likeness (QED) is 0.750. The fourth-order valence-electron chi connectivity index (χ4n) is 3.02. The van der Waals surface area contributed by atoms with Crippen molar-refractivity contribution in [1.82, 2.24) is 0 Å². The smallest absolute Gasteiger partial charge is 0.143 e. The Morgan fingerprint density at radius 2 is 2.06 bits per heavy atom. The zero-order valence-electron chi connectivity index (χ0n) is 9.21. The Hall–Kier alpha value is -0.730. The van der Waals surface area contributed by atoms with E-state index >= 15 is 0 Å². The lowest BCUT2D eigenvalue weighted by Crippen LogP contribution is -2.40. The van der Waals surface area contributed by atoms with Crippen molar-refractivity contribution in [1.29, 1.82) is 0 Å². The first-order chi connectivity index (χ1) is 7.70. The third kappa shape index (κ3) is 1.52. The number of ether oxygens (including phenoxy) is 1. The molecule has 1 unspecified atom stereocenters. The van der Waals surface area contributed by atoms with E-state index in [-0.39, 0.29) is 11.6 Å². The number of halogens is 1.